The molecule has 22 heavy (non-hydrogen) atoms. The quantitative estimate of drug-likeness (QED) is 0.892. The van der Waals surface area contributed by atoms with E-state index in [1.165, 1.54) is 10.4 Å². The highest BCUT2D eigenvalue weighted by atomic mass is 35.5. The van der Waals surface area contributed by atoms with Gasteiger partial charge >= 0.3 is 0 Å². The Balaban J connectivity index is 1.93. The number of piperidine rings is 1. The molecule has 0 aromatic heterocycles. The van der Waals surface area contributed by atoms with Crippen molar-refractivity contribution < 1.29 is 13.2 Å². The molecule has 0 aliphatic carbocycles. The molecule has 1 aromatic rings. The number of amides is 1. The van der Waals surface area contributed by atoms with Gasteiger partial charge in [0.25, 0.3) is 5.91 Å². The summed E-state index contributed by atoms with van der Waals surface area (Å²) in [7, 11) is -3.15. The van der Waals surface area contributed by atoms with Crippen molar-refractivity contribution in [3.8, 4) is 0 Å². The first-order valence-electron chi connectivity index (χ1n) is 7.07. The Bertz CT molecular complexity index is 656. The molecule has 1 heterocycles. The van der Waals surface area contributed by atoms with E-state index in [2.05, 4.69) is 5.32 Å². The third kappa shape index (κ3) is 4.13. The smallest absolute Gasteiger partial charge is 0.251 e. The van der Waals surface area contributed by atoms with Crippen LogP contribution in [0.15, 0.2) is 18.2 Å². The van der Waals surface area contributed by atoms with Gasteiger partial charge in [-0.3, -0.25) is 4.79 Å². The number of carbonyl (C=O) groups excluding carboxylic acids is 1. The number of carbonyl (C=O) groups is 1. The maximum atomic E-state index is 12.2. The van der Waals surface area contributed by atoms with Crippen LogP contribution in [0.3, 0.4) is 0 Å². The Morgan fingerprint density at radius 1 is 1.27 bits per heavy atom. The van der Waals surface area contributed by atoms with E-state index in [-0.39, 0.29) is 17.7 Å². The monoisotopic (exact) mass is 364 g/mol. The molecule has 1 aliphatic heterocycles. The van der Waals surface area contributed by atoms with E-state index in [1.807, 2.05) is 0 Å². The second-order valence-electron chi connectivity index (χ2n) is 5.18. The number of nitrogens with one attached hydrogen (secondary N) is 1. The number of halogens is 2. The van der Waals surface area contributed by atoms with Gasteiger partial charge in [0.05, 0.1) is 15.8 Å². The fourth-order valence-corrected chi connectivity index (χ4v) is 3.80. The van der Waals surface area contributed by atoms with E-state index in [0.717, 1.165) is 0 Å². The predicted octanol–water partition coefficient (Wildman–Crippen LogP) is 2.54. The van der Waals surface area contributed by atoms with Gasteiger partial charge in [-0.15, -0.1) is 0 Å². The lowest BCUT2D eigenvalue weighted by molar-refractivity contribution is 0.0924. The molecule has 0 spiro atoms. The molecule has 0 unspecified atom stereocenters. The van der Waals surface area contributed by atoms with Crippen LogP contribution < -0.4 is 5.32 Å². The van der Waals surface area contributed by atoms with Crippen molar-refractivity contribution in [2.24, 2.45) is 0 Å². The molecule has 1 amide bonds. The van der Waals surface area contributed by atoms with Crippen LogP contribution in [0.5, 0.6) is 0 Å². The molecule has 1 saturated heterocycles. The summed E-state index contributed by atoms with van der Waals surface area (Å²) in [5.74, 6) is -0.122. The average Bonchev–Trinajstić information content (AvgIpc) is 2.50. The maximum Gasteiger partial charge on any atom is 0.251 e. The SMILES string of the molecule is CCS(=O)(=O)N1CCC(NC(=O)c2ccc(Cl)c(Cl)c2)CC1. The second-order valence-corrected chi connectivity index (χ2v) is 8.25. The topological polar surface area (TPSA) is 66.5 Å². The van der Waals surface area contributed by atoms with Gasteiger partial charge in [-0.1, -0.05) is 23.2 Å². The fourth-order valence-electron chi connectivity index (χ4n) is 2.37. The highest BCUT2D eigenvalue weighted by molar-refractivity contribution is 7.89. The zero-order valence-electron chi connectivity index (χ0n) is 12.2. The molecule has 1 aliphatic rings. The van der Waals surface area contributed by atoms with Crippen LogP contribution in [-0.2, 0) is 10.0 Å². The molecule has 1 fully saturated rings. The lowest BCUT2D eigenvalue weighted by atomic mass is 10.1. The molecule has 0 atom stereocenters. The molecule has 0 radical (unpaired) electrons. The Morgan fingerprint density at radius 3 is 2.45 bits per heavy atom. The van der Waals surface area contributed by atoms with Crippen LogP contribution in [0.1, 0.15) is 30.1 Å². The van der Waals surface area contributed by atoms with Crippen LogP contribution in [0, 0.1) is 0 Å². The van der Waals surface area contributed by atoms with Gasteiger partial charge in [0, 0.05) is 24.7 Å². The zero-order valence-corrected chi connectivity index (χ0v) is 14.5. The van der Waals surface area contributed by atoms with Crippen molar-refractivity contribution >= 4 is 39.1 Å². The minimum Gasteiger partial charge on any atom is -0.349 e. The number of rotatable bonds is 4. The first-order valence-corrected chi connectivity index (χ1v) is 9.43. The lowest BCUT2D eigenvalue weighted by Gasteiger charge is -2.31. The summed E-state index contributed by atoms with van der Waals surface area (Å²) in [6.07, 6.45) is 1.21. The molecule has 1 aromatic carbocycles. The van der Waals surface area contributed by atoms with Crippen LogP contribution in [0.2, 0.25) is 10.0 Å². The lowest BCUT2D eigenvalue weighted by Crippen LogP contribution is -2.46. The van der Waals surface area contributed by atoms with E-state index < -0.39 is 10.0 Å². The average molecular weight is 365 g/mol. The Morgan fingerprint density at radius 2 is 1.91 bits per heavy atom. The Kier molecular flexibility index (Phi) is 5.71. The molecule has 1 N–H and O–H groups in total. The summed E-state index contributed by atoms with van der Waals surface area (Å²) >= 11 is 11.7. The fraction of sp³-hybridized carbons (Fsp3) is 0.500. The van der Waals surface area contributed by atoms with Crippen molar-refractivity contribution in [3.63, 3.8) is 0 Å². The van der Waals surface area contributed by atoms with E-state index in [9.17, 15) is 13.2 Å². The number of nitrogens with zero attached hydrogens (tertiary/aromatic N) is 1. The number of benzene rings is 1. The minimum atomic E-state index is -3.15. The summed E-state index contributed by atoms with van der Waals surface area (Å²) in [6.45, 7) is 2.50. The van der Waals surface area contributed by atoms with E-state index >= 15 is 0 Å². The molecular formula is C14H18Cl2N2O3S. The zero-order chi connectivity index (χ0) is 16.3. The largest absolute Gasteiger partial charge is 0.349 e. The van der Waals surface area contributed by atoms with Crippen LogP contribution in [0.25, 0.3) is 0 Å². The molecule has 122 valence electrons. The Hall–Kier alpha value is -0.820. The number of hydrogen-bond acceptors (Lipinski definition) is 3. The summed E-state index contributed by atoms with van der Waals surface area (Å²) in [5, 5.41) is 3.64. The summed E-state index contributed by atoms with van der Waals surface area (Å²) in [6, 6.07) is 4.68. The normalized spacial score (nSPS) is 17.4. The van der Waals surface area contributed by atoms with Gasteiger partial charge in [0.1, 0.15) is 0 Å². The van der Waals surface area contributed by atoms with Crippen molar-refractivity contribution in [1.82, 2.24) is 9.62 Å². The molecule has 2 rings (SSSR count). The summed E-state index contributed by atoms with van der Waals surface area (Å²) in [4.78, 5) is 12.2. The minimum absolute atomic E-state index is 0.0368. The van der Waals surface area contributed by atoms with Crippen LogP contribution >= 0.6 is 23.2 Å². The third-order valence-electron chi connectivity index (χ3n) is 3.73. The molecule has 5 nitrogen and oxygen atoms in total. The Labute approximate surface area is 140 Å². The van der Waals surface area contributed by atoms with Gasteiger partial charge in [0.2, 0.25) is 10.0 Å². The van der Waals surface area contributed by atoms with Crippen molar-refractivity contribution in [3.05, 3.63) is 33.8 Å². The van der Waals surface area contributed by atoms with Crippen molar-refractivity contribution in [1.29, 1.82) is 0 Å². The first kappa shape index (κ1) is 17.5. The highest BCUT2D eigenvalue weighted by Gasteiger charge is 2.27. The van der Waals surface area contributed by atoms with Crippen molar-refractivity contribution in [2.75, 3.05) is 18.8 Å². The van der Waals surface area contributed by atoms with Gasteiger partial charge in [-0.05, 0) is 38.0 Å². The number of hydrogen-bond donors (Lipinski definition) is 1. The maximum absolute atomic E-state index is 12.2. The molecular weight excluding hydrogens is 347 g/mol. The molecule has 8 heteroatoms. The van der Waals surface area contributed by atoms with Crippen LogP contribution in [-0.4, -0.2) is 43.5 Å². The third-order valence-corrected chi connectivity index (χ3v) is 6.35. The van der Waals surface area contributed by atoms with E-state index in [1.54, 1.807) is 19.1 Å². The predicted molar refractivity (Wildman–Crippen MR) is 88.0 cm³/mol. The summed E-state index contributed by atoms with van der Waals surface area (Å²) in [5.41, 5.74) is 0.443. The van der Waals surface area contributed by atoms with E-state index in [0.29, 0.717) is 41.5 Å². The molecule has 0 bridgehead atoms. The second kappa shape index (κ2) is 7.17. The van der Waals surface area contributed by atoms with E-state index in [4.69, 9.17) is 23.2 Å². The van der Waals surface area contributed by atoms with Crippen molar-refractivity contribution in [2.45, 2.75) is 25.8 Å². The van der Waals surface area contributed by atoms with Gasteiger partial charge in [-0.25, -0.2) is 12.7 Å². The first-order chi connectivity index (χ1) is 10.3. The van der Waals surface area contributed by atoms with Crippen LogP contribution in [0.4, 0.5) is 0 Å². The standard InChI is InChI=1S/C14H18Cl2N2O3S/c1-2-22(20,21)18-7-5-11(6-8-18)17-14(19)10-3-4-12(15)13(16)9-10/h3-4,9,11H,2,5-8H2,1H3,(H,17,19). The van der Waals surface area contributed by atoms with Gasteiger partial charge in [0.15, 0.2) is 0 Å². The van der Waals surface area contributed by atoms with Gasteiger partial charge in [-0.2, -0.15) is 0 Å². The summed E-state index contributed by atoms with van der Waals surface area (Å²) < 4.78 is 25.1. The molecule has 0 saturated carbocycles. The highest BCUT2D eigenvalue weighted by Crippen LogP contribution is 2.23. The number of sulfonamides is 1. The van der Waals surface area contributed by atoms with Gasteiger partial charge < -0.3 is 5.32 Å².